The Morgan fingerprint density at radius 3 is 2.83 bits per heavy atom. The fourth-order valence-corrected chi connectivity index (χ4v) is 2.20. The molecule has 0 aromatic carbocycles. The molecule has 0 atom stereocenters. The second-order valence-electron chi connectivity index (χ2n) is 5.17. The number of pyridine rings is 1. The lowest BCUT2D eigenvalue weighted by atomic mass is 10.0. The van der Waals surface area contributed by atoms with Gasteiger partial charge < -0.3 is 10.2 Å². The summed E-state index contributed by atoms with van der Waals surface area (Å²) in [5.74, 6) is 0.0881. The van der Waals surface area contributed by atoms with E-state index in [9.17, 15) is 4.79 Å². The van der Waals surface area contributed by atoms with Crippen LogP contribution in [0.3, 0.4) is 0 Å². The third-order valence-corrected chi connectivity index (χ3v) is 3.10. The Balaban J connectivity index is 0.00000162. The topological polar surface area (TPSA) is 45.2 Å². The fourth-order valence-electron chi connectivity index (χ4n) is 2.20. The first-order valence-corrected chi connectivity index (χ1v) is 5.95. The number of hydrogen-bond acceptors (Lipinski definition) is 3. The van der Waals surface area contributed by atoms with E-state index >= 15 is 0 Å². The zero-order chi connectivity index (χ0) is 12.5. The predicted molar refractivity (Wildman–Crippen MR) is 74.2 cm³/mol. The highest BCUT2D eigenvalue weighted by Crippen LogP contribution is 2.14. The number of carbonyl (C=O) groups excluding carboxylic acids is 1. The minimum Gasteiger partial charge on any atom is -0.335 e. The molecular weight excluding hydrogens is 250 g/mol. The zero-order valence-corrected chi connectivity index (χ0v) is 11.9. The summed E-state index contributed by atoms with van der Waals surface area (Å²) in [5.41, 5.74) is 1.50. The highest BCUT2D eigenvalue weighted by molar-refractivity contribution is 5.95. The highest BCUT2D eigenvalue weighted by atomic mass is 35.5. The number of hydrogen-bond donors (Lipinski definition) is 1. The van der Waals surface area contributed by atoms with E-state index < -0.39 is 0 Å². The van der Waals surface area contributed by atoms with Crippen molar-refractivity contribution in [2.45, 2.75) is 26.3 Å². The second kappa shape index (κ2) is 5.67. The Morgan fingerprint density at radius 1 is 1.50 bits per heavy atom. The van der Waals surface area contributed by atoms with E-state index in [1.54, 1.807) is 6.20 Å². The number of amides is 1. The number of aryl methyl sites for hydroxylation is 1. The third kappa shape index (κ3) is 3.21. The molecule has 1 N–H and O–H groups in total. The summed E-state index contributed by atoms with van der Waals surface area (Å²) in [6.45, 7) is 8.44. The van der Waals surface area contributed by atoms with Crippen LogP contribution < -0.4 is 5.32 Å². The predicted octanol–water partition coefficient (Wildman–Crippen LogP) is 1.64. The second-order valence-corrected chi connectivity index (χ2v) is 5.17. The molecule has 0 unspecified atom stereocenters. The highest BCUT2D eigenvalue weighted by Gasteiger charge is 2.29. The quantitative estimate of drug-likeness (QED) is 0.843. The minimum absolute atomic E-state index is 0. The summed E-state index contributed by atoms with van der Waals surface area (Å²) in [6.07, 6.45) is 1.72. The number of halogens is 1. The number of piperazine rings is 1. The van der Waals surface area contributed by atoms with Crippen molar-refractivity contribution in [3.8, 4) is 0 Å². The monoisotopic (exact) mass is 269 g/mol. The molecule has 2 rings (SSSR count). The van der Waals surface area contributed by atoms with Gasteiger partial charge in [-0.15, -0.1) is 12.4 Å². The van der Waals surface area contributed by atoms with Crippen molar-refractivity contribution in [2.75, 3.05) is 19.6 Å². The molecule has 0 bridgehead atoms. The van der Waals surface area contributed by atoms with E-state index in [2.05, 4.69) is 24.1 Å². The van der Waals surface area contributed by atoms with Gasteiger partial charge in [-0.3, -0.25) is 9.78 Å². The van der Waals surface area contributed by atoms with Gasteiger partial charge in [0.25, 0.3) is 5.91 Å². The van der Waals surface area contributed by atoms with Crippen LogP contribution in [0, 0.1) is 6.92 Å². The van der Waals surface area contributed by atoms with E-state index in [0.717, 1.165) is 25.3 Å². The van der Waals surface area contributed by atoms with Crippen molar-refractivity contribution in [3.05, 3.63) is 29.6 Å². The average Bonchev–Trinajstić information content (AvgIpc) is 2.27. The maximum absolute atomic E-state index is 12.4. The van der Waals surface area contributed by atoms with Crippen molar-refractivity contribution < 1.29 is 4.79 Å². The molecular formula is C13H20ClN3O. The van der Waals surface area contributed by atoms with Crippen LogP contribution in [0.5, 0.6) is 0 Å². The van der Waals surface area contributed by atoms with Crippen LogP contribution in [-0.2, 0) is 0 Å². The normalized spacial score (nSPS) is 18.1. The molecule has 1 aromatic heterocycles. The van der Waals surface area contributed by atoms with Crippen LogP contribution in [0.15, 0.2) is 18.3 Å². The Bertz CT molecular complexity index is 434. The maximum atomic E-state index is 12.4. The van der Waals surface area contributed by atoms with E-state index in [1.165, 1.54) is 0 Å². The summed E-state index contributed by atoms with van der Waals surface area (Å²) in [6, 6.07) is 3.66. The van der Waals surface area contributed by atoms with Gasteiger partial charge in [0, 0.05) is 37.1 Å². The van der Waals surface area contributed by atoms with Gasteiger partial charge >= 0.3 is 0 Å². The van der Waals surface area contributed by atoms with Crippen molar-refractivity contribution in [3.63, 3.8) is 0 Å². The molecule has 1 amide bonds. The average molecular weight is 270 g/mol. The van der Waals surface area contributed by atoms with Gasteiger partial charge in [0.1, 0.15) is 0 Å². The molecule has 18 heavy (non-hydrogen) atoms. The van der Waals surface area contributed by atoms with Gasteiger partial charge in [-0.05, 0) is 32.9 Å². The Labute approximate surface area is 114 Å². The number of carbonyl (C=O) groups is 1. The van der Waals surface area contributed by atoms with Crippen molar-refractivity contribution in [2.24, 2.45) is 0 Å². The molecule has 0 spiro atoms. The smallest absolute Gasteiger partial charge is 0.255 e. The summed E-state index contributed by atoms with van der Waals surface area (Å²) >= 11 is 0. The van der Waals surface area contributed by atoms with Gasteiger partial charge in [-0.25, -0.2) is 0 Å². The first-order chi connectivity index (χ1) is 7.99. The van der Waals surface area contributed by atoms with Crippen molar-refractivity contribution in [1.82, 2.24) is 15.2 Å². The van der Waals surface area contributed by atoms with Crippen LogP contribution >= 0.6 is 12.4 Å². The van der Waals surface area contributed by atoms with Crippen LogP contribution in [0.1, 0.15) is 29.9 Å². The van der Waals surface area contributed by atoms with Gasteiger partial charge in [-0.1, -0.05) is 0 Å². The molecule has 1 aliphatic heterocycles. The van der Waals surface area contributed by atoms with E-state index in [1.807, 2.05) is 24.0 Å². The summed E-state index contributed by atoms with van der Waals surface area (Å²) in [4.78, 5) is 18.4. The van der Waals surface area contributed by atoms with Crippen molar-refractivity contribution >= 4 is 18.3 Å². The molecule has 1 fully saturated rings. The van der Waals surface area contributed by atoms with E-state index in [0.29, 0.717) is 5.56 Å². The maximum Gasteiger partial charge on any atom is 0.255 e. The molecule has 1 aromatic rings. The van der Waals surface area contributed by atoms with Crippen molar-refractivity contribution in [1.29, 1.82) is 0 Å². The summed E-state index contributed by atoms with van der Waals surface area (Å²) in [7, 11) is 0. The number of rotatable bonds is 1. The molecule has 0 saturated carbocycles. The van der Waals surface area contributed by atoms with Crippen LogP contribution in [0.25, 0.3) is 0 Å². The molecule has 0 radical (unpaired) electrons. The first-order valence-electron chi connectivity index (χ1n) is 5.95. The molecule has 4 nitrogen and oxygen atoms in total. The molecule has 5 heteroatoms. The number of nitrogens with zero attached hydrogens (tertiary/aromatic N) is 2. The summed E-state index contributed by atoms with van der Waals surface area (Å²) in [5, 5.41) is 3.40. The van der Waals surface area contributed by atoms with E-state index in [-0.39, 0.29) is 23.9 Å². The summed E-state index contributed by atoms with van der Waals surface area (Å²) < 4.78 is 0. The zero-order valence-electron chi connectivity index (χ0n) is 11.1. The standard InChI is InChI=1S/C13H19N3O.ClH/c1-10-11(5-4-6-14-10)12(17)16-8-7-15-13(2,3)9-16;/h4-6,15H,7-9H2,1-3H3;1H. The Hall–Kier alpha value is -1.13. The van der Waals surface area contributed by atoms with Gasteiger partial charge in [-0.2, -0.15) is 0 Å². The minimum atomic E-state index is -0.00990. The largest absolute Gasteiger partial charge is 0.335 e. The molecule has 100 valence electrons. The molecule has 1 aliphatic rings. The number of nitrogens with one attached hydrogen (secondary N) is 1. The van der Waals surface area contributed by atoms with Gasteiger partial charge in [0.15, 0.2) is 0 Å². The third-order valence-electron chi connectivity index (χ3n) is 3.10. The number of aromatic nitrogens is 1. The van der Waals surface area contributed by atoms with Crippen LogP contribution in [0.4, 0.5) is 0 Å². The van der Waals surface area contributed by atoms with Gasteiger partial charge in [0.2, 0.25) is 0 Å². The SMILES string of the molecule is Cc1ncccc1C(=O)N1CCNC(C)(C)C1.Cl. The first kappa shape index (κ1) is 14.9. The Morgan fingerprint density at radius 2 is 2.22 bits per heavy atom. The van der Waals surface area contributed by atoms with Gasteiger partial charge in [0.05, 0.1) is 5.56 Å². The lowest BCUT2D eigenvalue weighted by Crippen LogP contribution is -2.58. The molecule has 2 heterocycles. The Kier molecular flexibility index (Phi) is 4.71. The fraction of sp³-hybridized carbons (Fsp3) is 0.538. The van der Waals surface area contributed by atoms with Crippen LogP contribution in [0.2, 0.25) is 0 Å². The van der Waals surface area contributed by atoms with Crippen LogP contribution in [-0.4, -0.2) is 41.0 Å². The molecule has 0 aliphatic carbocycles. The molecule has 1 saturated heterocycles. The lowest BCUT2D eigenvalue weighted by molar-refractivity contribution is 0.0651. The van der Waals surface area contributed by atoms with E-state index in [4.69, 9.17) is 0 Å². The lowest BCUT2D eigenvalue weighted by Gasteiger charge is -2.39.